The summed E-state index contributed by atoms with van der Waals surface area (Å²) >= 11 is 0. The molecule has 138 valence electrons. The topological polar surface area (TPSA) is 104 Å². The highest BCUT2D eigenvalue weighted by Gasteiger charge is 2.29. The first-order valence-electron chi connectivity index (χ1n) is 8.35. The summed E-state index contributed by atoms with van der Waals surface area (Å²) < 4.78 is 26.9. The third-order valence-corrected chi connectivity index (χ3v) is 6.52. The quantitative estimate of drug-likeness (QED) is 0.797. The lowest BCUT2D eigenvalue weighted by Gasteiger charge is -2.30. The van der Waals surface area contributed by atoms with Gasteiger partial charge in [-0.1, -0.05) is 19.3 Å². The van der Waals surface area contributed by atoms with E-state index in [1.165, 1.54) is 35.5 Å². The maximum absolute atomic E-state index is 12.7. The van der Waals surface area contributed by atoms with Crippen LogP contribution in [-0.4, -0.2) is 48.8 Å². The van der Waals surface area contributed by atoms with E-state index < -0.39 is 27.9 Å². The van der Waals surface area contributed by atoms with Crippen molar-refractivity contribution in [1.29, 1.82) is 0 Å². The van der Waals surface area contributed by atoms with E-state index in [4.69, 9.17) is 5.11 Å². The van der Waals surface area contributed by atoms with E-state index in [2.05, 4.69) is 5.32 Å². The molecule has 1 aromatic carbocycles. The van der Waals surface area contributed by atoms with Crippen molar-refractivity contribution in [1.82, 2.24) is 9.62 Å². The van der Waals surface area contributed by atoms with E-state index >= 15 is 0 Å². The molecule has 0 saturated heterocycles. The van der Waals surface area contributed by atoms with Gasteiger partial charge in [0.1, 0.15) is 6.04 Å². The van der Waals surface area contributed by atoms with E-state index in [0.717, 1.165) is 32.1 Å². The van der Waals surface area contributed by atoms with Crippen molar-refractivity contribution in [3.05, 3.63) is 29.8 Å². The average molecular weight is 368 g/mol. The van der Waals surface area contributed by atoms with Gasteiger partial charge in [0.2, 0.25) is 10.0 Å². The molecule has 7 nitrogen and oxygen atoms in total. The number of aliphatic carboxylic acids is 1. The molecule has 1 aliphatic rings. The van der Waals surface area contributed by atoms with Crippen LogP contribution in [0.15, 0.2) is 29.2 Å². The maximum atomic E-state index is 12.7. The second-order valence-corrected chi connectivity index (χ2v) is 8.37. The summed E-state index contributed by atoms with van der Waals surface area (Å²) in [4.78, 5) is 22.9. The summed E-state index contributed by atoms with van der Waals surface area (Å²) in [5.41, 5.74) is 0.215. The number of benzene rings is 1. The fourth-order valence-corrected chi connectivity index (χ4v) is 4.34. The van der Waals surface area contributed by atoms with Gasteiger partial charge in [-0.2, -0.15) is 4.31 Å². The van der Waals surface area contributed by atoms with Crippen LogP contribution >= 0.6 is 0 Å². The molecule has 0 radical (unpaired) electrons. The zero-order valence-corrected chi connectivity index (χ0v) is 15.3. The van der Waals surface area contributed by atoms with Crippen LogP contribution in [0.1, 0.15) is 49.4 Å². The van der Waals surface area contributed by atoms with Crippen molar-refractivity contribution < 1.29 is 23.1 Å². The van der Waals surface area contributed by atoms with Gasteiger partial charge in [0.05, 0.1) is 4.90 Å². The minimum absolute atomic E-state index is 0.0122. The molecule has 0 bridgehead atoms. The molecule has 2 N–H and O–H groups in total. The van der Waals surface area contributed by atoms with Crippen LogP contribution in [0.2, 0.25) is 0 Å². The molecule has 0 aromatic heterocycles. The molecule has 1 saturated carbocycles. The lowest BCUT2D eigenvalue weighted by molar-refractivity contribution is -0.138. The third kappa shape index (κ3) is 4.58. The van der Waals surface area contributed by atoms with Gasteiger partial charge in [0.25, 0.3) is 5.91 Å². The Hall–Kier alpha value is -1.93. The van der Waals surface area contributed by atoms with Crippen molar-refractivity contribution in [2.24, 2.45) is 0 Å². The Balaban J connectivity index is 2.12. The van der Waals surface area contributed by atoms with Gasteiger partial charge in [-0.05, 0) is 44.0 Å². The van der Waals surface area contributed by atoms with Crippen LogP contribution < -0.4 is 5.32 Å². The van der Waals surface area contributed by atoms with Gasteiger partial charge in [0, 0.05) is 18.7 Å². The van der Waals surface area contributed by atoms with Crippen molar-refractivity contribution >= 4 is 21.9 Å². The predicted octanol–water partition coefficient (Wildman–Crippen LogP) is 1.84. The molecule has 1 amide bonds. The Morgan fingerprint density at radius 2 is 1.72 bits per heavy atom. The molecule has 0 spiro atoms. The summed E-state index contributed by atoms with van der Waals surface area (Å²) in [6.45, 7) is 1.36. The molecule has 1 fully saturated rings. The van der Waals surface area contributed by atoms with Crippen LogP contribution in [-0.2, 0) is 14.8 Å². The third-order valence-electron chi connectivity index (χ3n) is 4.60. The number of nitrogens with zero attached hydrogens (tertiary/aromatic N) is 1. The van der Waals surface area contributed by atoms with Crippen molar-refractivity contribution in [3.8, 4) is 0 Å². The molecule has 2 rings (SSSR count). The monoisotopic (exact) mass is 368 g/mol. The molecule has 1 aromatic rings. The molecular formula is C17H24N2O5S. The van der Waals surface area contributed by atoms with Crippen molar-refractivity contribution in [3.63, 3.8) is 0 Å². The average Bonchev–Trinajstić information content (AvgIpc) is 2.61. The van der Waals surface area contributed by atoms with Crippen LogP contribution in [0.3, 0.4) is 0 Å². The van der Waals surface area contributed by atoms with Gasteiger partial charge >= 0.3 is 5.97 Å². The number of carbonyl (C=O) groups is 2. The second-order valence-electron chi connectivity index (χ2n) is 6.37. The van der Waals surface area contributed by atoms with Crippen LogP contribution in [0.4, 0.5) is 0 Å². The number of sulfonamides is 1. The fraction of sp³-hybridized carbons (Fsp3) is 0.529. The Labute approximate surface area is 148 Å². The highest BCUT2D eigenvalue weighted by atomic mass is 32.2. The van der Waals surface area contributed by atoms with Crippen LogP contribution in [0.5, 0.6) is 0 Å². The smallest absolute Gasteiger partial charge is 0.325 e. The molecule has 0 unspecified atom stereocenters. The predicted molar refractivity (Wildman–Crippen MR) is 92.8 cm³/mol. The maximum Gasteiger partial charge on any atom is 0.325 e. The number of carbonyl (C=O) groups excluding carboxylic acids is 1. The van der Waals surface area contributed by atoms with Gasteiger partial charge < -0.3 is 10.4 Å². The van der Waals surface area contributed by atoms with Crippen LogP contribution in [0, 0.1) is 0 Å². The summed E-state index contributed by atoms with van der Waals surface area (Å²) in [5, 5.41) is 11.1. The summed E-state index contributed by atoms with van der Waals surface area (Å²) in [6, 6.07) is 4.55. The normalized spacial score (nSPS) is 17.2. The van der Waals surface area contributed by atoms with Crippen molar-refractivity contribution in [2.75, 3.05) is 7.05 Å². The molecule has 25 heavy (non-hydrogen) atoms. The van der Waals surface area contributed by atoms with Gasteiger partial charge in [-0.15, -0.1) is 0 Å². The number of hydrogen-bond acceptors (Lipinski definition) is 4. The first kappa shape index (κ1) is 19.4. The van der Waals surface area contributed by atoms with Crippen LogP contribution in [0.25, 0.3) is 0 Å². The zero-order valence-electron chi connectivity index (χ0n) is 14.4. The Bertz CT molecular complexity index is 724. The first-order valence-corrected chi connectivity index (χ1v) is 9.79. The van der Waals surface area contributed by atoms with Gasteiger partial charge in [0.15, 0.2) is 0 Å². The number of carboxylic acid groups (broad SMARTS) is 1. The minimum Gasteiger partial charge on any atom is -0.480 e. The Kier molecular flexibility index (Phi) is 6.18. The SMILES string of the molecule is C[C@@H](NC(=O)c1ccc(S(=O)(=O)N(C)C2CCCCC2)cc1)C(=O)O. The highest BCUT2D eigenvalue weighted by molar-refractivity contribution is 7.89. The Morgan fingerprint density at radius 3 is 2.24 bits per heavy atom. The number of nitrogens with one attached hydrogen (secondary N) is 1. The van der Waals surface area contributed by atoms with E-state index in [1.807, 2.05) is 0 Å². The van der Waals surface area contributed by atoms with E-state index in [1.54, 1.807) is 7.05 Å². The van der Waals surface area contributed by atoms with E-state index in [9.17, 15) is 18.0 Å². The summed E-state index contributed by atoms with van der Waals surface area (Å²) in [5.74, 6) is -1.69. The van der Waals surface area contributed by atoms with E-state index in [-0.39, 0.29) is 16.5 Å². The number of carboxylic acids is 1. The highest BCUT2D eigenvalue weighted by Crippen LogP contribution is 2.26. The zero-order chi connectivity index (χ0) is 18.6. The lowest BCUT2D eigenvalue weighted by atomic mass is 9.96. The van der Waals surface area contributed by atoms with E-state index in [0.29, 0.717) is 0 Å². The largest absolute Gasteiger partial charge is 0.480 e. The first-order chi connectivity index (χ1) is 11.7. The standard InChI is InChI=1S/C17H24N2O5S/c1-12(17(21)22)18-16(20)13-8-10-15(11-9-13)25(23,24)19(2)14-6-4-3-5-7-14/h8-12,14H,3-7H2,1-2H3,(H,18,20)(H,21,22)/t12-/m1/s1. The molecule has 8 heteroatoms. The molecule has 0 aliphatic heterocycles. The molecule has 0 heterocycles. The second kappa shape index (κ2) is 7.97. The summed E-state index contributed by atoms with van der Waals surface area (Å²) in [6.07, 6.45) is 4.94. The van der Waals surface area contributed by atoms with Gasteiger partial charge in [-0.3, -0.25) is 9.59 Å². The molecule has 1 atom stereocenters. The lowest BCUT2D eigenvalue weighted by Crippen LogP contribution is -2.39. The summed E-state index contributed by atoms with van der Waals surface area (Å²) in [7, 11) is -2.01. The van der Waals surface area contributed by atoms with Crippen molar-refractivity contribution in [2.45, 2.75) is 56.0 Å². The Morgan fingerprint density at radius 1 is 1.16 bits per heavy atom. The molecule has 1 aliphatic carbocycles. The molecular weight excluding hydrogens is 344 g/mol. The van der Waals surface area contributed by atoms with Gasteiger partial charge in [-0.25, -0.2) is 8.42 Å². The minimum atomic E-state index is -3.61. The fourth-order valence-electron chi connectivity index (χ4n) is 2.93. The number of hydrogen-bond donors (Lipinski definition) is 2. The number of amides is 1. The number of rotatable bonds is 6.